The quantitative estimate of drug-likeness (QED) is 0.695. The molecular weight excluding hydrogens is 364 g/mol. The number of benzene rings is 3. The Morgan fingerprint density at radius 1 is 0.931 bits per heavy atom. The number of aryl methyl sites for hydroxylation is 2. The number of nitrogens with one attached hydrogen (secondary N) is 1. The highest BCUT2D eigenvalue weighted by atomic mass is 16.5. The lowest BCUT2D eigenvalue weighted by atomic mass is 10.1. The number of amides is 2. The zero-order chi connectivity index (χ0) is 21.0. The van der Waals surface area contributed by atoms with Crippen LogP contribution in [0.5, 0.6) is 5.75 Å². The van der Waals surface area contributed by atoms with E-state index in [1.165, 1.54) is 0 Å². The molecule has 0 radical (unpaired) electrons. The maximum atomic E-state index is 12.4. The van der Waals surface area contributed by atoms with Crippen LogP contribution in [0.25, 0.3) is 10.8 Å². The summed E-state index contributed by atoms with van der Waals surface area (Å²) in [4.78, 5) is 26.4. The number of methoxy groups -OCH3 is 1. The summed E-state index contributed by atoms with van der Waals surface area (Å²) in [6.07, 6.45) is 0. The Labute approximate surface area is 171 Å². The van der Waals surface area contributed by atoms with E-state index in [0.717, 1.165) is 33.2 Å². The minimum Gasteiger partial charge on any atom is -0.497 e. The van der Waals surface area contributed by atoms with Crippen LogP contribution in [0.1, 0.15) is 27.0 Å². The van der Waals surface area contributed by atoms with Gasteiger partial charge in [0, 0.05) is 19.2 Å². The topological polar surface area (TPSA) is 58.6 Å². The predicted octanol–water partition coefficient (Wildman–Crippen LogP) is 3.85. The third-order valence-electron chi connectivity index (χ3n) is 5.13. The number of hydrogen-bond acceptors (Lipinski definition) is 3. The molecule has 3 rings (SSSR count). The maximum Gasteiger partial charge on any atom is 0.251 e. The Bertz CT molecular complexity index is 1060. The van der Waals surface area contributed by atoms with Crippen molar-refractivity contribution in [2.75, 3.05) is 20.7 Å². The second kappa shape index (κ2) is 8.78. The van der Waals surface area contributed by atoms with Crippen LogP contribution in [0.3, 0.4) is 0 Å². The van der Waals surface area contributed by atoms with Gasteiger partial charge in [-0.2, -0.15) is 0 Å². The highest BCUT2D eigenvalue weighted by molar-refractivity contribution is 5.96. The molecule has 0 bridgehead atoms. The fraction of sp³-hybridized carbons (Fsp3) is 0.250. The van der Waals surface area contributed by atoms with Gasteiger partial charge in [-0.3, -0.25) is 9.59 Å². The summed E-state index contributed by atoms with van der Waals surface area (Å²) >= 11 is 0. The summed E-state index contributed by atoms with van der Waals surface area (Å²) < 4.78 is 5.25. The first-order valence-electron chi connectivity index (χ1n) is 9.53. The van der Waals surface area contributed by atoms with E-state index in [4.69, 9.17) is 4.74 Å². The zero-order valence-corrected chi connectivity index (χ0v) is 17.3. The van der Waals surface area contributed by atoms with Crippen molar-refractivity contribution >= 4 is 22.6 Å². The van der Waals surface area contributed by atoms with Crippen molar-refractivity contribution in [3.63, 3.8) is 0 Å². The van der Waals surface area contributed by atoms with Crippen LogP contribution in [-0.4, -0.2) is 37.4 Å². The minimum absolute atomic E-state index is 0.0347. The largest absolute Gasteiger partial charge is 0.497 e. The van der Waals surface area contributed by atoms with E-state index in [1.807, 2.05) is 56.3 Å². The summed E-state index contributed by atoms with van der Waals surface area (Å²) in [7, 11) is 3.39. The van der Waals surface area contributed by atoms with Gasteiger partial charge >= 0.3 is 0 Å². The van der Waals surface area contributed by atoms with E-state index < -0.39 is 0 Å². The van der Waals surface area contributed by atoms with E-state index in [9.17, 15) is 9.59 Å². The molecule has 0 spiro atoms. The molecule has 0 saturated heterocycles. The van der Waals surface area contributed by atoms with Crippen LogP contribution in [0, 0.1) is 13.8 Å². The third-order valence-corrected chi connectivity index (χ3v) is 5.13. The molecule has 5 nitrogen and oxygen atoms in total. The van der Waals surface area contributed by atoms with Gasteiger partial charge in [0.25, 0.3) is 5.91 Å². The van der Waals surface area contributed by atoms with Crippen molar-refractivity contribution in [3.8, 4) is 5.75 Å². The van der Waals surface area contributed by atoms with Gasteiger partial charge < -0.3 is 15.0 Å². The first-order valence-corrected chi connectivity index (χ1v) is 9.53. The fourth-order valence-corrected chi connectivity index (χ4v) is 3.14. The molecule has 1 N–H and O–H groups in total. The Balaban J connectivity index is 1.59. The molecule has 3 aromatic carbocycles. The van der Waals surface area contributed by atoms with Crippen molar-refractivity contribution in [3.05, 3.63) is 76.9 Å². The van der Waals surface area contributed by atoms with Gasteiger partial charge in [-0.25, -0.2) is 0 Å². The molecule has 0 aromatic heterocycles. The average Bonchev–Trinajstić information content (AvgIpc) is 2.73. The van der Waals surface area contributed by atoms with Crippen LogP contribution >= 0.6 is 0 Å². The van der Waals surface area contributed by atoms with Gasteiger partial charge in [-0.05, 0) is 71.6 Å². The number of carbonyl (C=O) groups is 2. The molecule has 0 unspecified atom stereocenters. The summed E-state index contributed by atoms with van der Waals surface area (Å²) in [5, 5.41) is 4.89. The van der Waals surface area contributed by atoms with Crippen molar-refractivity contribution in [2.24, 2.45) is 0 Å². The first kappa shape index (κ1) is 20.4. The lowest BCUT2D eigenvalue weighted by Crippen LogP contribution is -2.37. The lowest BCUT2D eigenvalue weighted by molar-refractivity contribution is -0.129. The third kappa shape index (κ3) is 4.93. The minimum atomic E-state index is -0.241. The molecule has 2 amide bonds. The van der Waals surface area contributed by atoms with Crippen molar-refractivity contribution in [1.82, 2.24) is 10.2 Å². The van der Waals surface area contributed by atoms with Crippen LogP contribution in [0.15, 0.2) is 54.6 Å². The van der Waals surface area contributed by atoms with E-state index in [2.05, 4.69) is 11.4 Å². The van der Waals surface area contributed by atoms with Crippen LogP contribution in [-0.2, 0) is 11.3 Å². The fourth-order valence-electron chi connectivity index (χ4n) is 3.14. The monoisotopic (exact) mass is 390 g/mol. The van der Waals surface area contributed by atoms with Crippen molar-refractivity contribution in [1.29, 1.82) is 0 Å². The molecule has 29 heavy (non-hydrogen) atoms. The standard InChI is InChI=1S/C24H26N2O3/c1-16-5-7-21(11-17(16)2)24(28)25-14-23(27)26(3)15-18-6-8-20-13-22(29-4)10-9-19(20)12-18/h5-13H,14-15H2,1-4H3,(H,25,28). The zero-order valence-electron chi connectivity index (χ0n) is 17.3. The molecule has 0 aliphatic rings. The van der Waals surface area contributed by atoms with Gasteiger partial charge in [0.2, 0.25) is 5.91 Å². The molecule has 0 aliphatic carbocycles. The number of carbonyl (C=O) groups excluding carboxylic acids is 2. The second-order valence-corrected chi connectivity index (χ2v) is 7.28. The molecule has 0 heterocycles. The average molecular weight is 390 g/mol. The van der Waals surface area contributed by atoms with Gasteiger partial charge in [0.15, 0.2) is 0 Å². The molecule has 0 fully saturated rings. The van der Waals surface area contributed by atoms with Crippen LogP contribution in [0.4, 0.5) is 0 Å². The number of ether oxygens (including phenoxy) is 1. The summed E-state index contributed by atoms with van der Waals surface area (Å²) in [6, 6.07) is 17.5. The SMILES string of the molecule is COc1ccc2cc(CN(C)C(=O)CNC(=O)c3ccc(C)c(C)c3)ccc2c1. The van der Waals surface area contributed by atoms with Gasteiger partial charge in [0.1, 0.15) is 5.75 Å². The number of likely N-dealkylation sites (N-methyl/N-ethyl adjacent to an activating group) is 1. The van der Waals surface area contributed by atoms with Gasteiger partial charge in [0.05, 0.1) is 13.7 Å². The smallest absolute Gasteiger partial charge is 0.251 e. The van der Waals surface area contributed by atoms with Crippen molar-refractivity contribution < 1.29 is 14.3 Å². The molecule has 150 valence electrons. The second-order valence-electron chi connectivity index (χ2n) is 7.28. The van der Waals surface area contributed by atoms with E-state index in [1.54, 1.807) is 25.1 Å². The lowest BCUT2D eigenvalue weighted by Gasteiger charge is -2.18. The summed E-state index contributed by atoms with van der Waals surface area (Å²) in [5.41, 5.74) is 3.77. The van der Waals surface area contributed by atoms with Gasteiger partial charge in [-0.15, -0.1) is 0 Å². The van der Waals surface area contributed by atoms with E-state index in [0.29, 0.717) is 12.1 Å². The number of rotatable bonds is 6. The Hall–Kier alpha value is -3.34. The maximum absolute atomic E-state index is 12.4. The summed E-state index contributed by atoms with van der Waals surface area (Å²) in [5.74, 6) is 0.434. The van der Waals surface area contributed by atoms with Crippen LogP contribution < -0.4 is 10.1 Å². The normalized spacial score (nSPS) is 10.6. The Morgan fingerprint density at radius 2 is 1.66 bits per heavy atom. The summed E-state index contributed by atoms with van der Waals surface area (Å²) in [6.45, 7) is 4.40. The van der Waals surface area contributed by atoms with Crippen LogP contribution in [0.2, 0.25) is 0 Å². The highest BCUT2D eigenvalue weighted by Gasteiger charge is 2.13. The molecule has 0 saturated carbocycles. The number of hydrogen-bond donors (Lipinski definition) is 1. The molecule has 5 heteroatoms. The Kier molecular flexibility index (Phi) is 6.17. The first-order chi connectivity index (χ1) is 13.9. The molecule has 0 aliphatic heterocycles. The molecule has 3 aromatic rings. The predicted molar refractivity (Wildman–Crippen MR) is 115 cm³/mol. The molecule has 0 atom stereocenters. The Morgan fingerprint density at radius 3 is 2.38 bits per heavy atom. The number of nitrogens with zero attached hydrogens (tertiary/aromatic N) is 1. The number of fused-ring (bicyclic) bond motifs is 1. The highest BCUT2D eigenvalue weighted by Crippen LogP contribution is 2.22. The molecular formula is C24H26N2O3. The van der Waals surface area contributed by atoms with Gasteiger partial charge in [-0.1, -0.05) is 24.3 Å². The van der Waals surface area contributed by atoms with Crippen molar-refractivity contribution in [2.45, 2.75) is 20.4 Å². The van der Waals surface area contributed by atoms with E-state index >= 15 is 0 Å². The van der Waals surface area contributed by atoms with E-state index in [-0.39, 0.29) is 18.4 Å².